The third-order valence-corrected chi connectivity index (χ3v) is 3.78. The Bertz CT molecular complexity index is 901. The van der Waals surface area contributed by atoms with E-state index in [-0.39, 0.29) is 5.82 Å². The lowest BCUT2D eigenvalue weighted by molar-refractivity contribution is 0.224. The molecule has 0 fully saturated rings. The van der Waals surface area contributed by atoms with Gasteiger partial charge in [-0.3, -0.25) is 0 Å². The number of benzene rings is 2. The SMILES string of the molecule is COc1cnc2c(n1)OC(c1cccc(F)c1)Nc1ccccc1-2. The molecule has 0 bridgehead atoms. The molecule has 24 heavy (non-hydrogen) atoms. The molecule has 0 saturated heterocycles. The maximum Gasteiger partial charge on any atom is 0.246 e. The van der Waals surface area contributed by atoms with Gasteiger partial charge in [0.05, 0.1) is 13.3 Å². The predicted molar refractivity (Wildman–Crippen MR) is 87.4 cm³/mol. The van der Waals surface area contributed by atoms with E-state index in [1.807, 2.05) is 24.3 Å². The molecule has 0 amide bonds. The molecular weight excluding hydrogens is 309 g/mol. The number of methoxy groups -OCH3 is 1. The van der Waals surface area contributed by atoms with Crippen molar-refractivity contribution in [3.8, 4) is 23.0 Å². The Morgan fingerprint density at radius 2 is 2.04 bits per heavy atom. The number of fused-ring (bicyclic) bond motifs is 3. The summed E-state index contributed by atoms with van der Waals surface area (Å²) in [6, 6.07) is 13.9. The van der Waals surface area contributed by atoms with Gasteiger partial charge in [0, 0.05) is 16.8 Å². The van der Waals surface area contributed by atoms with Crippen molar-refractivity contribution in [2.24, 2.45) is 0 Å². The average Bonchev–Trinajstić information content (AvgIpc) is 2.78. The number of nitrogens with zero attached hydrogens (tertiary/aromatic N) is 2. The van der Waals surface area contributed by atoms with Gasteiger partial charge < -0.3 is 14.8 Å². The van der Waals surface area contributed by atoms with Crippen molar-refractivity contribution in [2.75, 3.05) is 12.4 Å². The van der Waals surface area contributed by atoms with Crippen LogP contribution in [0.3, 0.4) is 0 Å². The molecule has 1 aromatic heterocycles. The first kappa shape index (κ1) is 14.4. The van der Waals surface area contributed by atoms with Crippen LogP contribution in [0.2, 0.25) is 0 Å². The van der Waals surface area contributed by atoms with Crippen molar-refractivity contribution >= 4 is 5.69 Å². The molecule has 6 heteroatoms. The summed E-state index contributed by atoms with van der Waals surface area (Å²) in [5, 5.41) is 3.28. The van der Waals surface area contributed by atoms with Gasteiger partial charge in [-0.15, -0.1) is 0 Å². The Labute approximate surface area is 138 Å². The van der Waals surface area contributed by atoms with E-state index >= 15 is 0 Å². The third kappa shape index (κ3) is 2.52. The fourth-order valence-corrected chi connectivity index (χ4v) is 2.64. The Balaban J connectivity index is 1.87. The summed E-state index contributed by atoms with van der Waals surface area (Å²) in [6.45, 7) is 0. The molecule has 1 aliphatic heterocycles. The van der Waals surface area contributed by atoms with Crippen LogP contribution in [0.15, 0.2) is 54.7 Å². The molecule has 1 aliphatic rings. The largest absolute Gasteiger partial charge is 0.480 e. The highest BCUT2D eigenvalue weighted by molar-refractivity contribution is 5.79. The maximum absolute atomic E-state index is 13.6. The molecule has 0 aliphatic carbocycles. The first-order chi connectivity index (χ1) is 11.7. The van der Waals surface area contributed by atoms with Crippen LogP contribution >= 0.6 is 0 Å². The number of hydrogen-bond acceptors (Lipinski definition) is 5. The highest BCUT2D eigenvalue weighted by Gasteiger charge is 2.25. The minimum Gasteiger partial charge on any atom is -0.480 e. The van der Waals surface area contributed by atoms with Gasteiger partial charge in [0.1, 0.15) is 11.5 Å². The zero-order chi connectivity index (χ0) is 16.5. The topological polar surface area (TPSA) is 56.3 Å². The van der Waals surface area contributed by atoms with Gasteiger partial charge in [0.25, 0.3) is 0 Å². The van der Waals surface area contributed by atoms with E-state index < -0.39 is 6.23 Å². The molecule has 2 heterocycles. The molecule has 0 radical (unpaired) electrons. The second-order valence-electron chi connectivity index (χ2n) is 5.31. The molecule has 120 valence electrons. The molecule has 1 unspecified atom stereocenters. The highest BCUT2D eigenvalue weighted by Crippen LogP contribution is 2.39. The molecular formula is C18H14FN3O2. The van der Waals surface area contributed by atoms with Crippen LogP contribution in [0.5, 0.6) is 11.8 Å². The van der Waals surface area contributed by atoms with Crippen LogP contribution < -0.4 is 14.8 Å². The number of ether oxygens (including phenoxy) is 2. The van der Waals surface area contributed by atoms with Crippen LogP contribution in [0.1, 0.15) is 11.8 Å². The van der Waals surface area contributed by atoms with Crippen molar-refractivity contribution in [3.63, 3.8) is 0 Å². The zero-order valence-corrected chi connectivity index (χ0v) is 12.9. The van der Waals surface area contributed by atoms with E-state index in [9.17, 15) is 4.39 Å². The smallest absolute Gasteiger partial charge is 0.246 e. The van der Waals surface area contributed by atoms with E-state index in [1.165, 1.54) is 19.2 Å². The van der Waals surface area contributed by atoms with Crippen LogP contribution in [0, 0.1) is 5.82 Å². The van der Waals surface area contributed by atoms with Gasteiger partial charge in [0.15, 0.2) is 6.23 Å². The van der Waals surface area contributed by atoms with Crippen LogP contribution in [0.25, 0.3) is 11.3 Å². The van der Waals surface area contributed by atoms with Crippen LogP contribution in [0.4, 0.5) is 10.1 Å². The Morgan fingerprint density at radius 1 is 1.17 bits per heavy atom. The molecule has 0 spiro atoms. The van der Waals surface area contributed by atoms with Crippen molar-refractivity contribution in [1.82, 2.24) is 9.97 Å². The summed E-state index contributed by atoms with van der Waals surface area (Å²) >= 11 is 0. The summed E-state index contributed by atoms with van der Waals surface area (Å²) in [5.74, 6) is 0.361. The molecule has 5 nitrogen and oxygen atoms in total. The Morgan fingerprint density at radius 3 is 2.88 bits per heavy atom. The molecule has 2 aromatic carbocycles. The van der Waals surface area contributed by atoms with Crippen LogP contribution in [-0.4, -0.2) is 17.1 Å². The molecule has 1 N–H and O–H groups in total. The van der Waals surface area contributed by atoms with Gasteiger partial charge in [-0.25, -0.2) is 9.37 Å². The summed E-state index contributed by atoms with van der Waals surface area (Å²) < 4.78 is 24.7. The Kier molecular flexibility index (Phi) is 3.49. The second kappa shape index (κ2) is 5.81. The van der Waals surface area contributed by atoms with Gasteiger partial charge in [-0.1, -0.05) is 30.3 Å². The lowest BCUT2D eigenvalue weighted by atomic mass is 10.1. The summed E-state index contributed by atoms with van der Waals surface area (Å²) in [7, 11) is 1.52. The molecule has 4 rings (SSSR count). The van der Waals surface area contributed by atoms with Gasteiger partial charge in [-0.2, -0.15) is 4.98 Å². The van der Waals surface area contributed by atoms with Gasteiger partial charge in [-0.05, 0) is 18.2 Å². The van der Waals surface area contributed by atoms with Crippen molar-refractivity contribution in [3.05, 3.63) is 66.1 Å². The minimum atomic E-state index is -0.593. The van der Waals surface area contributed by atoms with Gasteiger partial charge >= 0.3 is 0 Å². The number of aromatic nitrogens is 2. The summed E-state index contributed by atoms with van der Waals surface area (Å²) in [6.07, 6.45) is 0.950. The average molecular weight is 323 g/mol. The molecule has 3 aromatic rings. The second-order valence-corrected chi connectivity index (χ2v) is 5.31. The summed E-state index contributed by atoms with van der Waals surface area (Å²) in [4.78, 5) is 8.76. The number of rotatable bonds is 2. The number of anilines is 1. The summed E-state index contributed by atoms with van der Waals surface area (Å²) in [5.41, 5.74) is 2.96. The lowest BCUT2D eigenvalue weighted by Crippen LogP contribution is -2.17. The molecule has 1 atom stereocenters. The van der Waals surface area contributed by atoms with Crippen molar-refractivity contribution in [1.29, 1.82) is 0 Å². The van der Waals surface area contributed by atoms with E-state index in [2.05, 4.69) is 15.3 Å². The monoisotopic (exact) mass is 323 g/mol. The number of hydrogen-bond donors (Lipinski definition) is 1. The number of nitrogens with one attached hydrogen (secondary N) is 1. The quantitative estimate of drug-likeness (QED) is 0.777. The fraction of sp³-hybridized carbons (Fsp3) is 0.111. The lowest BCUT2D eigenvalue weighted by Gasteiger charge is -2.19. The normalized spacial score (nSPS) is 15.3. The van der Waals surface area contributed by atoms with Crippen molar-refractivity contribution < 1.29 is 13.9 Å². The minimum absolute atomic E-state index is 0.326. The number of para-hydroxylation sites is 1. The predicted octanol–water partition coefficient (Wildman–Crippen LogP) is 3.79. The van der Waals surface area contributed by atoms with E-state index in [0.29, 0.717) is 23.0 Å². The first-order valence-corrected chi connectivity index (χ1v) is 7.43. The maximum atomic E-state index is 13.6. The van der Waals surface area contributed by atoms with E-state index in [1.54, 1.807) is 18.3 Å². The third-order valence-electron chi connectivity index (χ3n) is 3.78. The number of halogens is 1. The molecule has 0 saturated carbocycles. The standard InChI is InChI=1S/C18H14FN3O2/c1-23-15-10-20-16-13-7-2-3-8-14(13)21-17(24-18(16)22-15)11-5-4-6-12(19)9-11/h2-10,17,21H,1H3. The fourth-order valence-electron chi connectivity index (χ4n) is 2.64. The van der Waals surface area contributed by atoms with Gasteiger partial charge in [0.2, 0.25) is 11.8 Å². The van der Waals surface area contributed by atoms with E-state index in [0.717, 1.165) is 11.3 Å². The van der Waals surface area contributed by atoms with E-state index in [4.69, 9.17) is 9.47 Å². The highest BCUT2D eigenvalue weighted by atomic mass is 19.1. The zero-order valence-electron chi connectivity index (χ0n) is 12.9. The van der Waals surface area contributed by atoms with Crippen LogP contribution in [-0.2, 0) is 0 Å². The first-order valence-electron chi connectivity index (χ1n) is 7.43. The Hall–Kier alpha value is -3.15. The van der Waals surface area contributed by atoms with Crippen molar-refractivity contribution in [2.45, 2.75) is 6.23 Å².